The zero-order valence-corrected chi connectivity index (χ0v) is 19.4. The molecule has 9 heteroatoms. The van der Waals surface area contributed by atoms with Crippen molar-refractivity contribution in [2.45, 2.75) is 25.2 Å². The van der Waals surface area contributed by atoms with Gasteiger partial charge in [0.15, 0.2) is 0 Å². The van der Waals surface area contributed by atoms with Crippen LogP contribution in [0.5, 0.6) is 0 Å². The van der Waals surface area contributed by atoms with E-state index in [2.05, 4.69) is 22.2 Å². The van der Waals surface area contributed by atoms with Crippen molar-refractivity contribution in [1.82, 2.24) is 9.21 Å². The lowest BCUT2D eigenvalue weighted by atomic mass is 10.2. The van der Waals surface area contributed by atoms with Crippen LogP contribution in [0.4, 0.5) is 11.4 Å². The standard InChI is InChI=1S/C21H30N4O3S2/c1-4-25(5-2)30(27,28)18-6-7-20(24-11-9-23(3)10-12-24)19(15-18)22-21(26)14-17-8-13-29-16-17/h6-8,13,15-16H,4-5,9-12,14H2,1-3H3,(H,22,26). The van der Waals surface area contributed by atoms with Crippen LogP contribution in [0.3, 0.4) is 0 Å². The third kappa shape index (κ3) is 5.21. The van der Waals surface area contributed by atoms with Gasteiger partial charge in [0.1, 0.15) is 0 Å². The van der Waals surface area contributed by atoms with Crippen LogP contribution < -0.4 is 10.2 Å². The molecule has 1 aliphatic rings. The first-order valence-electron chi connectivity index (χ1n) is 10.2. The molecule has 1 fully saturated rings. The first-order valence-corrected chi connectivity index (χ1v) is 12.6. The van der Waals surface area contributed by atoms with Crippen molar-refractivity contribution in [2.75, 3.05) is 56.5 Å². The average Bonchev–Trinajstić information content (AvgIpc) is 3.22. The second kappa shape index (κ2) is 9.91. The van der Waals surface area contributed by atoms with E-state index in [4.69, 9.17) is 0 Å². The number of carbonyl (C=O) groups is 1. The number of hydrogen-bond acceptors (Lipinski definition) is 6. The van der Waals surface area contributed by atoms with E-state index in [0.29, 0.717) is 18.8 Å². The van der Waals surface area contributed by atoms with Gasteiger partial charge in [0.2, 0.25) is 15.9 Å². The van der Waals surface area contributed by atoms with Gasteiger partial charge >= 0.3 is 0 Å². The number of piperazine rings is 1. The van der Waals surface area contributed by atoms with E-state index in [1.54, 1.807) is 23.5 Å². The quantitative estimate of drug-likeness (QED) is 0.670. The number of amides is 1. The van der Waals surface area contributed by atoms with Crippen molar-refractivity contribution in [3.63, 3.8) is 0 Å². The maximum atomic E-state index is 13.0. The van der Waals surface area contributed by atoms with Crippen LogP contribution in [0.15, 0.2) is 39.9 Å². The topological polar surface area (TPSA) is 73.0 Å². The Morgan fingerprint density at radius 1 is 1.13 bits per heavy atom. The number of nitrogens with one attached hydrogen (secondary N) is 1. The van der Waals surface area contributed by atoms with Crippen molar-refractivity contribution in [2.24, 2.45) is 0 Å². The molecule has 1 aromatic heterocycles. The largest absolute Gasteiger partial charge is 0.367 e. The first kappa shape index (κ1) is 22.7. The zero-order chi connectivity index (χ0) is 21.7. The molecule has 0 radical (unpaired) electrons. The fourth-order valence-electron chi connectivity index (χ4n) is 3.58. The molecule has 30 heavy (non-hydrogen) atoms. The smallest absolute Gasteiger partial charge is 0.243 e. The number of benzene rings is 1. The van der Waals surface area contributed by atoms with Crippen LogP contribution in [0.25, 0.3) is 0 Å². The zero-order valence-electron chi connectivity index (χ0n) is 17.8. The molecule has 7 nitrogen and oxygen atoms in total. The molecule has 0 spiro atoms. The van der Waals surface area contributed by atoms with Gasteiger partial charge in [0.05, 0.1) is 22.7 Å². The highest BCUT2D eigenvalue weighted by Crippen LogP contribution is 2.31. The molecule has 0 unspecified atom stereocenters. The van der Waals surface area contributed by atoms with Crippen LogP contribution >= 0.6 is 11.3 Å². The molecule has 1 amide bonds. The predicted octanol–water partition coefficient (Wildman–Crippen LogP) is 2.71. The third-order valence-corrected chi connectivity index (χ3v) is 8.15. The van der Waals surface area contributed by atoms with E-state index in [0.717, 1.165) is 37.4 Å². The summed E-state index contributed by atoms with van der Waals surface area (Å²) in [6.07, 6.45) is 0.263. The van der Waals surface area contributed by atoms with Crippen molar-refractivity contribution in [3.8, 4) is 0 Å². The third-order valence-electron chi connectivity index (χ3n) is 5.37. The Morgan fingerprint density at radius 3 is 2.43 bits per heavy atom. The number of likely N-dealkylation sites (N-methyl/N-ethyl adjacent to an activating group) is 1. The number of carbonyl (C=O) groups excluding carboxylic acids is 1. The second-order valence-electron chi connectivity index (χ2n) is 7.42. The number of hydrogen-bond donors (Lipinski definition) is 1. The van der Waals surface area contributed by atoms with Crippen LogP contribution in [0.1, 0.15) is 19.4 Å². The Labute approximate surface area is 183 Å². The molecule has 1 N–H and O–H groups in total. The minimum atomic E-state index is -3.61. The SMILES string of the molecule is CCN(CC)S(=O)(=O)c1ccc(N2CCN(C)CC2)c(NC(=O)Cc2ccsc2)c1. The molecule has 3 rings (SSSR count). The summed E-state index contributed by atoms with van der Waals surface area (Å²) < 4.78 is 27.5. The molecule has 1 saturated heterocycles. The number of anilines is 2. The lowest BCUT2D eigenvalue weighted by molar-refractivity contribution is -0.115. The van der Waals surface area contributed by atoms with Gasteiger partial charge < -0.3 is 15.1 Å². The summed E-state index contributed by atoms with van der Waals surface area (Å²) in [5.74, 6) is -0.152. The lowest BCUT2D eigenvalue weighted by Gasteiger charge is -2.35. The van der Waals surface area contributed by atoms with Crippen LogP contribution in [-0.4, -0.2) is 69.8 Å². The van der Waals surface area contributed by atoms with E-state index in [1.165, 1.54) is 4.31 Å². The molecule has 1 aromatic carbocycles. The molecule has 164 valence electrons. The summed E-state index contributed by atoms with van der Waals surface area (Å²) in [6.45, 7) is 7.94. The van der Waals surface area contributed by atoms with Crippen LogP contribution in [0.2, 0.25) is 0 Å². The molecule has 0 atom stereocenters. The number of thiophene rings is 1. The highest BCUT2D eigenvalue weighted by molar-refractivity contribution is 7.89. The highest BCUT2D eigenvalue weighted by Gasteiger charge is 2.25. The van der Waals surface area contributed by atoms with E-state index >= 15 is 0 Å². The van der Waals surface area contributed by atoms with Crippen LogP contribution in [-0.2, 0) is 21.2 Å². The van der Waals surface area contributed by atoms with Crippen molar-refractivity contribution in [1.29, 1.82) is 0 Å². The summed E-state index contributed by atoms with van der Waals surface area (Å²) >= 11 is 1.55. The molecular weight excluding hydrogens is 420 g/mol. The van der Waals surface area contributed by atoms with Crippen molar-refractivity contribution < 1.29 is 13.2 Å². The Hall–Kier alpha value is -1.94. The number of rotatable bonds is 8. The van der Waals surface area contributed by atoms with Gasteiger partial charge in [-0.1, -0.05) is 13.8 Å². The number of nitrogens with zero attached hydrogens (tertiary/aromatic N) is 3. The molecular formula is C21H30N4O3S2. The van der Waals surface area contributed by atoms with Gasteiger partial charge in [0.25, 0.3) is 0 Å². The molecule has 0 bridgehead atoms. The van der Waals surface area contributed by atoms with E-state index in [9.17, 15) is 13.2 Å². The summed E-state index contributed by atoms with van der Waals surface area (Å²) in [5.41, 5.74) is 2.36. The molecule has 1 aliphatic heterocycles. The van der Waals surface area contributed by atoms with Gasteiger partial charge in [0, 0.05) is 39.3 Å². The van der Waals surface area contributed by atoms with Gasteiger partial charge in [-0.2, -0.15) is 15.6 Å². The van der Waals surface area contributed by atoms with E-state index in [-0.39, 0.29) is 17.2 Å². The van der Waals surface area contributed by atoms with Crippen molar-refractivity contribution in [3.05, 3.63) is 40.6 Å². The summed E-state index contributed by atoms with van der Waals surface area (Å²) in [6, 6.07) is 7.00. The summed E-state index contributed by atoms with van der Waals surface area (Å²) in [7, 11) is -1.52. The Kier molecular flexibility index (Phi) is 7.51. The Morgan fingerprint density at radius 2 is 1.83 bits per heavy atom. The van der Waals surface area contributed by atoms with Gasteiger partial charge in [-0.05, 0) is 47.6 Å². The minimum Gasteiger partial charge on any atom is -0.367 e. The fraction of sp³-hybridized carbons (Fsp3) is 0.476. The number of sulfonamides is 1. The normalized spacial score (nSPS) is 15.5. The Balaban J connectivity index is 1.93. The maximum absolute atomic E-state index is 13.0. The van der Waals surface area contributed by atoms with Gasteiger partial charge in [-0.15, -0.1) is 0 Å². The van der Waals surface area contributed by atoms with Crippen molar-refractivity contribution >= 4 is 38.6 Å². The molecule has 2 heterocycles. The lowest BCUT2D eigenvalue weighted by Crippen LogP contribution is -2.44. The second-order valence-corrected chi connectivity index (χ2v) is 10.1. The summed E-state index contributed by atoms with van der Waals surface area (Å²) in [4.78, 5) is 17.3. The van der Waals surface area contributed by atoms with E-state index < -0.39 is 10.0 Å². The Bertz CT molecular complexity index is 949. The average molecular weight is 451 g/mol. The van der Waals surface area contributed by atoms with Gasteiger partial charge in [-0.25, -0.2) is 8.42 Å². The summed E-state index contributed by atoms with van der Waals surface area (Å²) in [5, 5.41) is 6.86. The highest BCUT2D eigenvalue weighted by atomic mass is 32.2. The molecule has 0 saturated carbocycles. The first-order chi connectivity index (χ1) is 14.3. The van der Waals surface area contributed by atoms with Gasteiger partial charge in [-0.3, -0.25) is 4.79 Å². The predicted molar refractivity (Wildman–Crippen MR) is 123 cm³/mol. The molecule has 0 aliphatic carbocycles. The molecule has 2 aromatic rings. The minimum absolute atomic E-state index is 0.152. The van der Waals surface area contributed by atoms with E-state index in [1.807, 2.05) is 36.7 Å². The monoisotopic (exact) mass is 450 g/mol. The maximum Gasteiger partial charge on any atom is 0.243 e. The van der Waals surface area contributed by atoms with Crippen LogP contribution in [0, 0.1) is 0 Å². The fourth-order valence-corrected chi connectivity index (χ4v) is 5.74.